The zero-order valence-electron chi connectivity index (χ0n) is 7.64. The molecule has 65 valence electrons. The SMILES string of the molecule is [CH2-]CCCOCCCCC.[Y]. The molecule has 1 nitrogen and oxygen atoms in total. The summed E-state index contributed by atoms with van der Waals surface area (Å²) in [6, 6.07) is 0. The Labute approximate surface area is 96.2 Å². The fourth-order valence-corrected chi connectivity index (χ4v) is 0.760. The molecule has 0 saturated heterocycles. The molecule has 2 heteroatoms. The monoisotopic (exact) mass is 232 g/mol. The third kappa shape index (κ3) is 14.0. The fraction of sp³-hybridized carbons (Fsp3) is 0.889. The molecule has 0 bridgehead atoms. The summed E-state index contributed by atoms with van der Waals surface area (Å²) in [7, 11) is 0. The molecule has 0 aliphatic heterocycles. The first-order valence-electron chi connectivity index (χ1n) is 4.28. The van der Waals surface area contributed by atoms with Crippen molar-refractivity contribution < 1.29 is 37.4 Å². The van der Waals surface area contributed by atoms with Crippen LogP contribution in [0.3, 0.4) is 0 Å². The van der Waals surface area contributed by atoms with E-state index in [1.54, 1.807) is 0 Å². The van der Waals surface area contributed by atoms with Crippen LogP contribution in [0.4, 0.5) is 0 Å². The van der Waals surface area contributed by atoms with Gasteiger partial charge < -0.3 is 11.7 Å². The van der Waals surface area contributed by atoms with E-state index < -0.39 is 0 Å². The Bertz CT molecular complexity index is 49.5. The molecular weight excluding hydrogens is 213 g/mol. The molecule has 0 aromatic heterocycles. The molecule has 0 aliphatic rings. The Hall–Kier alpha value is 1.06. The molecule has 0 aromatic rings. The molecule has 0 N–H and O–H groups in total. The number of hydrogen-bond donors (Lipinski definition) is 0. The van der Waals surface area contributed by atoms with Crippen LogP contribution in [0, 0.1) is 6.92 Å². The summed E-state index contributed by atoms with van der Waals surface area (Å²) in [4.78, 5) is 0. The topological polar surface area (TPSA) is 9.23 Å². The average molecular weight is 232 g/mol. The van der Waals surface area contributed by atoms with Crippen molar-refractivity contribution >= 4 is 0 Å². The molecule has 0 saturated carbocycles. The van der Waals surface area contributed by atoms with Gasteiger partial charge in [0.1, 0.15) is 0 Å². The fourth-order valence-electron chi connectivity index (χ4n) is 0.760. The van der Waals surface area contributed by atoms with E-state index in [2.05, 4.69) is 13.8 Å². The van der Waals surface area contributed by atoms with Crippen LogP contribution in [-0.2, 0) is 37.4 Å². The zero-order valence-corrected chi connectivity index (χ0v) is 10.5. The molecule has 0 unspecified atom stereocenters. The molecule has 0 rings (SSSR count). The zero-order chi connectivity index (χ0) is 7.66. The van der Waals surface area contributed by atoms with Gasteiger partial charge in [-0.25, -0.2) is 0 Å². The van der Waals surface area contributed by atoms with Gasteiger partial charge in [0.25, 0.3) is 0 Å². The Morgan fingerprint density at radius 2 is 1.73 bits per heavy atom. The van der Waals surface area contributed by atoms with Gasteiger partial charge in [-0.2, -0.15) is 6.42 Å². The molecule has 0 amide bonds. The second kappa shape index (κ2) is 13.6. The van der Waals surface area contributed by atoms with Crippen molar-refractivity contribution in [1.82, 2.24) is 0 Å². The minimum absolute atomic E-state index is 0. The van der Waals surface area contributed by atoms with Crippen molar-refractivity contribution in [3.05, 3.63) is 6.92 Å². The molecule has 0 atom stereocenters. The molecule has 0 aromatic carbocycles. The predicted octanol–water partition coefficient (Wildman–Crippen LogP) is 2.80. The van der Waals surface area contributed by atoms with Gasteiger partial charge in [0.15, 0.2) is 0 Å². The molecule has 0 aliphatic carbocycles. The Morgan fingerprint density at radius 1 is 1.09 bits per heavy atom. The van der Waals surface area contributed by atoms with E-state index in [0.29, 0.717) is 0 Å². The minimum atomic E-state index is 0. The van der Waals surface area contributed by atoms with Crippen molar-refractivity contribution in [3.8, 4) is 0 Å². The summed E-state index contributed by atoms with van der Waals surface area (Å²) < 4.78 is 5.34. The smallest absolute Gasteiger partial charge is 0.0466 e. The van der Waals surface area contributed by atoms with Crippen LogP contribution in [-0.4, -0.2) is 13.2 Å². The van der Waals surface area contributed by atoms with Gasteiger partial charge in [0.05, 0.1) is 0 Å². The molecule has 0 spiro atoms. The Morgan fingerprint density at radius 3 is 2.27 bits per heavy atom. The summed E-state index contributed by atoms with van der Waals surface area (Å²) in [5, 5.41) is 0. The molecule has 11 heavy (non-hydrogen) atoms. The second-order valence-corrected chi connectivity index (χ2v) is 2.53. The summed E-state index contributed by atoms with van der Waals surface area (Å²) in [6.45, 7) is 7.78. The summed E-state index contributed by atoms with van der Waals surface area (Å²) in [6.07, 6.45) is 5.89. The molecule has 1 radical (unpaired) electrons. The number of rotatable bonds is 7. The first kappa shape index (κ1) is 14.6. The van der Waals surface area contributed by atoms with Crippen LogP contribution in [0.15, 0.2) is 0 Å². The predicted molar refractivity (Wildman–Crippen MR) is 44.9 cm³/mol. The van der Waals surface area contributed by atoms with Gasteiger partial charge in [0.2, 0.25) is 0 Å². The van der Waals surface area contributed by atoms with E-state index in [-0.39, 0.29) is 32.7 Å². The number of hydrogen-bond acceptors (Lipinski definition) is 1. The van der Waals surface area contributed by atoms with Gasteiger partial charge >= 0.3 is 0 Å². The van der Waals surface area contributed by atoms with Gasteiger partial charge in [0, 0.05) is 45.9 Å². The first-order chi connectivity index (χ1) is 4.91. The van der Waals surface area contributed by atoms with Crippen LogP contribution in [0.1, 0.15) is 39.0 Å². The Balaban J connectivity index is 0. The maximum Gasteiger partial charge on any atom is 0.0466 e. The molecule has 0 fully saturated rings. The van der Waals surface area contributed by atoms with E-state index in [9.17, 15) is 0 Å². The summed E-state index contributed by atoms with van der Waals surface area (Å²) in [5.74, 6) is 0. The third-order valence-electron chi connectivity index (χ3n) is 1.43. The summed E-state index contributed by atoms with van der Waals surface area (Å²) in [5.41, 5.74) is 0. The van der Waals surface area contributed by atoms with Crippen molar-refractivity contribution in [3.63, 3.8) is 0 Å². The molecule has 0 heterocycles. The first-order valence-corrected chi connectivity index (χ1v) is 4.28. The van der Waals surface area contributed by atoms with Gasteiger partial charge in [-0.1, -0.05) is 26.2 Å². The van der Waals surface area contributed by atoms with E-state index >= 15 is 0 Å². The standard InChI is InChI=1S/C9H19O.Y/c1-3-5-7-9-10-8-6-4-2;/h2-9H2,1H3;/q-1;. The van der Waals surface area contributed by atoms with Crippen molar-refractivity contribution in [2.75, 3.05) is 13.2 Å². The largest absolute Gasteiger partial charge is 0.382 e. The van der Waals surface area contributed by atoms with Crippen molar-refractivity contribution in [2.45, 2.75) is 39.0 Å². The summed E-state index contributed by atoms with van der Waals surface area (Å²) >= 11 is 0. The quantitative estimate of drug-likeness (QED) is 0.484. The van der Waals surface area contributed by atoms with Gasteiger partial charge in [-0.05, 0) is 6.42 Å². The van der Waals surface area contributed by atoms with E-state index in [1.165, 1.54) is 19.3 Å². The van der Waals surface area contributed by atoms with E-state index in [1.807, 2.05) is 0 Å². The number of unbranched alkanes of at least 4 members (excludes halogenated alkanes) is 3. The maximum absolute atomic E-state index is 5.34. The van der Waals surface area contributed by atoms with E-state index in [4.69, 9.17) is 4.74 Å². The van der Waals surface area contributed by atoms with E-state index in [0.717, 1.165) is 26.1 Å². The van der Waals surface area contributed by atoms with Crippen molar-refractivity contribution in [2.24, 2.45) is 0 Å². The van der Waals surface area contributed by atoms with Crippen LogP contribution in [0.25, 0.3) is 0 Å². The number of ether oxygens (including phenoxy) is 1. The van der Waals surface area contributed by atoms with Gasteiger partial charge in [-0.3, -0.25) is 0 Å². The minimum Gasteiger partial charge on any atom is -0.382 e. The Kier molecular flexibility index (Phi) is 18.1. The van der Waals surface area contributed by atoms with Crippen LogP contribution < -0.4 is 0 Å². The van der Waals surface area contributed by atoms with Gasteiger partial charge in [-0.15, -0.1) is 0 Å². The second-order valence-electron chi connectivity index (χ2n) is 2.53. The average Bonchev–Trinajstić information content (AvgIpc) is 1.97. The molecular formula is C9H19OY-. The van der Waals surface area contributed by atoms with Crippen molar-refractivity contribution in [1.29, 1.82) is 0 Å². The maximum atomic E-state index is 5.34. The van der Waals surface area contributed by atoms with Crippen LogP contribution >= 0.6 is 0 Å². The third-order valence-corrected chi connectivity index (χ3v) is 1.43. The van der Waals surface area contributed by atoms with Crippen LogP contribution in [0.2, 0.25) is 0 Å². The normalized spacial score (nSPS) is 9.27. The van der Waals surface area contributed by atoms with Crippen LogP contribution in [0.5, 0.6) is 0 Å².